The monoisotopic (exact) mass is 311 g/mol. The molecule has 0 bridgehead atoms. The van der Waals surface area contributed by atoms with E-state index in [1.54, 1.807) is 0 Å². The Morgan fingerprint density at radius 1 is 0.864 bits per heavy atom. The van der Waals surface area contributed by atoms with E-state index in [4.69, 9.17) is 0 Å². The Morgan fingerprint density at radius 2 is 1.55 bits per heavy atom. The van der Waals surface area contributed by atoms with Crippen LogP contribution in [-0.4, -0.2) is 14.7 Å². The van der Waals surface area contributed by atoms with Crippen molar-refractivity contribution in [3.05, 3.63) is 77.9 Å². The first kappa shape index (κ1) is 14.6. The number of sulfonamides is 1. The summed E-state index contributed by atoms with van der Waals surface area (Å²) >= 11 is 0. The fraction of sp³-hybridized carbons (Fsp3) is 0.111. The van der Waals surface area contributed by atoms with Crippen molar-refractivity contribution in [3.63, 3.8) is 0 Å². The summed E-state index contributed by atoms with van der Waals surface area (Å²) in [6.45, 7) is 0. The van der Waals surface area contributed by atoms with Crippen molar-refractivity contribution in [1.29, 1.82) is 0 Å². The number of nitrogens with one attached hydrogen (secondary N) is 1. The predicted octanol–water partition coefficient (Wildman–Crippen LogP) is 3.80. The van der Waals surface area contributed by atoms with Gasteiger partial charge in [-0.3, -0.25) is 4.72 Å². The molecule has 0 saturated carbocycles. The molecule has 3 aromatic carbocycles. The average molecular weight is 311 g/mol. The predicted molar refractivity (Wildman–Crippen MR) is 91.7 cm³/mol. The van der Waals surface area contributed by atoms with Crippen molar-refractivity contribution in [2.45, 2.75) is 6.42 Å². The minimum atomic E-state index is -3.31. The van der Waals surface area contributed by atoms with E-state index in [9.17, 15) is 8.42 Å². The van der Waals surface area contributed by atoms with Gasteiger partial charge in [-0.05, 0) is 28.0 Å². The van der Waals surface area contributed by atoms with Crippen molar-refractivity contribution in [1.82, 2.24) is 0 Å². The molecular formula is C18H17NO2S. The van der Waals surface area contributed by atoms with E-state index < -0.39 is 10.0 Å². The molecule has 112 valence electrons. The van der Waals surface area contributed by atoms with Crippen LogP contribution in [0.4, 0.5) is 5.69 Å². The highest BCUT2D eigenvalue weighted by atomic mass is 32.2. The van der Waals surface area contributed by atoms with Crippen molar-refractivity contribution in [2.24, 2.45) is 0 Å². The topological polar surface area (TPSA) is 46.2 Å². The molecule has 0 spiro atoms. The van der Waals surface area contributed by atoms with Crippen LogP contribution in [0.1, 0.15) is 11.1 Å². The van der Waals surface area contributed by atoms with Gasteiger partial charge < -0.3 is 0 Å². The normalized spacial score (nSPS) is 11.5. The lowest BCUT2D eigenvalue weighted by molar-refractivity contribution is 0.607. The van der Waals surface area contributed by atoms with Gasteiger partial charge in [0, 0.05) is 6.42 Å². The highest BCUT2D eigenvalue weighted by Gasteiger charge is 2.11. The molecule has 4 heteroatoms. The lowest BCUT2D eigenvalue weighted by atomic mass is 9.97. The molecule has 0 aromatic heterocycles. The van der Waals surface area contributed by atoms with Gasteiger partial charge in [0.1, 0.15) is 0 Å². The van der Waals surface area contributed by atoms with E-state index in [0.29, 0.717) is 12.1 Å². The van der Waals surface area contributed by atoms with Gasteiger partial charge in [0.25, 0.3) is 0 Å². The van der Waals surface area contributed by atoms with Gasteiger partial charge in [-0.25, -0.2) is 8.42 Å². The van der Waals surface area contributed by atoms with Gasteiger partial charge in [0.05, 0.1) is 11.9 Å². The Hall–Kier alpha value is -2.33. The number of hydrogen-bond donors (Lipinski definition) is 1. The molecular weight excluding hydrogens is 294 g/mol. The van der Waals surface area contributed by atoms with Crippen LogP contribution in [0.15, 0.2) is 66.7 Å². The summed E-state index contributed by atoms with van der Waals surface area (Å²) in [6, 6.07) is 21.8. The zero-order chi connectivity index (χ0) is 15.6. The lowest BCUT2D eigenvalue weighted by Gasteiger charge is -2.14. The van der Waals surface area contributed by atoms with Crippen molar-refractivity contribution in [3.8, 4) is 0 Å². The van der Waals surface area contributed by atoms with Crippen molar-refractivity contribution < 1.29 is 8.42 Å². The molecule has 0 unspecified atom stereocenters. The molecule has 3 aromatic rings. The Kier molecular flexibility index (Phi) is 3.86. The standard InChI is InChI=1S/C18H17NO2S/c1-22(20,21)19-18-12-11-15-9-5-6-10-16(15)17(18)13-14-7-3-2-4-8-14/h2-12,19H,13H2,1H3. The summed E-state index contributed by atoms with van der Waals surface area (Å²) < 4.78 is 25.9. The van der Waals surface area contributed by atoms with Crippen LogP contribution in [0.2, 0.25) is 0 Å². The van der Waals surface area contributed by atoms with Gasteiger partial charge in [0.2, 0.25) is 10.0 Å². The second kappa shape index (κ2) is 5.81. The summed E-state index contributed by atoms with van der Waals surface area (Å²) in [5.74, 6) is 0. The number of hydrogen-bond acceptors (Lipinski definition) is 2. The fourth-order valence-corrected chi connectivity index (χ4v) is 3.21. The van der Waals surface area contributed by atoms with E-state index >= 15 is 0 Å². The van der Waals surface area contributed by atoms with Crippen LogP contribution in [0, 0.1) is 0 Å². The summed E-state index contributed by atoms with van der Waals surface area (Å²) in [5, 5.41) is 2.17. The number of benzene rings is 3. The summed E-state index contributed by atoms with van der Waals surface area (Å²) in [6.07, 6.45) is 1.86. The SMILES string of the molecule is CS(=O)(=O)Nc1ccc2ccccc2c1Cc1ccccc1. The molecule has 0 aliphatic carbocycles. The van der Waals surface area contributed by atoms with Crippen LogP contribution in [0.3, 0.4) is 0 Å². The van der Waals surface area contributed by atoms with E-state index in [-0.39, 0.29) is 0 Å². The third kappa shape index (κ3) is 3.28. The van der Waals surface area contributed by atoms with Gasteiger partial charge in [-0.1, -0.05) is 60.7 Å². The highest BCUT2D eigenvalue weighted by Crippen LogP contribution is 2.29. The van der Waals surface area contributed by atoms with Crippen LogP contribution in [-0.2, 0) is 16.4 Å². The molecule has 3 rings (SSSR count). The van der Waals surface area contributed by atoms with Crippen LogP contribution in [0.5, 0.6) is 0 Å². The largest absolute Gasteiger partial charge is 0.283 e. The van der Waals surface area contributed by atoms with Crippen LogP contribution in [0.25, 0.3) is 10.8 Å². The van der Waals surface area contributed by atoms with E-state index in [1.165, 1.54) is 6.26 Å². The molecule has 0 radical (unpaired) electrons. The average Bonchev–Trinajstić information content (AvgIpc) is 2.49. The zero-order valence-corrected chi connectivity index (χ0v) is 13.1. The number of rotatable bonds is 4. The van der Waals surface area contributed by atoms with Crippen LogP contribution >= 0.6 is 0 Å². The Morgan fingerprint density at radius 3 is 2.27 bits per heavy atom. The first-order valence-corrected chi connectivity index (χ1v) is 8.94. The first-order chi connectivity index (χ1) is 10.5. The molecule has 0 amide bonds. The minimum Gasteiger partial charge on any atom is -0.283 e. The second-order valence-electron chi connectivity index (χ2n) is 5.35. The third-order valence-corrected chi connectivity index (χ3v) is 4.15. The second-order valence-corrected chi connectivity index (χ2v) is 7.10. The Balaban J connectivity index is 2.16. The van der Waals surface area contributed by atoms with Gasteiger partial charge >= 0.3 is 0 Å². The summed E-state index contributed by atoms with van der Waals surface area (Å²) in [7, 11) is -3.31. The number of anilines is 1. The lowest BCUT2D eigenvalue weighted by Crippen LogP contribution is -2.11. The maximum absolute atomic E-state index is 11.6. The summed E-state index contributed by atoms with van der Waals surface area (Å²) in [5.41, 5.74) is 2.79. The third-order valence-electron chi connectivity index (χ3n) is 3.56. The molecule has 22 heavy (non-hydrogen) atoms. The molecule has 0 heterocycles. The quantitative estimate of drug-likeness (QED) is 0.796. The fourth-order valence-electron chi connectivity index (χ4n) is 2.62. The van der Waals surface area contributed by atoms with Gasteiger partial charge in [-0.2, -0.15) is 0 Å². The van der Waals surface area contributed by atoms with Gasteiger partial charge in [-0.15, -0.1) is 0 Å². The molecule has 3 nitrogen and oxygen atoms in total. The van der Waals surface area contributed by atoms with Crippen molar-refractivity contribution in [2.75, 3.05) is 11.0 Å². The Bertz CT molecular complexity index is 903. The van der Waals surface area contributed by atoms with Crippen LogP contribution < -0.4 is 4.72 Å². The molecule has 0 aliphatic rings. The molecule has 0 atom stereocenters. The highest BCUT2D eigenvalue weighted by molar-refractivity contribution is 7.92. The first-order valence-electron chi connectivity index (χ1n) is 7.05. The van der Waals surface area contributed by atoms with Crippen molar-refractivity contribution >= 4 is 26.5 Å². The number of fused-ring (bicyclic) bond motifs is 1. The maximum atomic E-state index is 11.6. The van der Waals surface area contributed by atoms with E-state index in [2.05, 4.69) is 4.72 Å². The van der Waals surface area contributed by atoms with Gasteiger partial charge in [0.15, 0.2) is 0 Å². The smallest absolute Gasteiger partial charge is 0.229 e. The molecule has 0 aliphatic heterocycles. The Labute approximate surface area is 130 Å². The molecule has 1 N–H and O–H groups in total. The van der Waals surface area contributed by atoms with E-state index in [0.717, 1.165) is 21.9 Å². The minimum absolute atomic E-state index is 0.644. The maximum Gasteiger partial charge on any atom is 0.229 e. The summed E-state index contributed by atoms with van der Waals surface area (Å²) in [4.78, 5) is 0. The molecule has 0 saturated heterocycles. The zero-order valence-electron chi connectivity index (χ0n) is 12.3. The van der Waals surface area contributed by atoms with E-state index in [1.807, 2.05) is 66.7 Å². The molecule has 0 fully saturated rings.